The van der Waals surface area contributed by atoms with E-state index in [4.69, 9.17) is 28.3 Å². The second-order valence-corrected chi connectivity index (χ2v) is 6.79. The first-order chi connectivity index (χ1) is 14.3. The van der Waals surface area contributed by atoms with Crippen molar-refractivity contribution in [2.24, 2.45) is 7.05 Å². The van der Waals surface area contributed by atoms with Crippen LogP contribution in [0, 0.1) is 5.82 Å². The molecule has 1 heterocycles. The summed E-state index contributed by atoms with van der Waals surface area (Å²) < 4.78 is 54.3. The van der Waals surface area contributed by atoms with Gasteiger partial charge in [-0.2, -0.15) is 13.2 Å². The number of carbonyl (C=O) groups is 1. The summed E-state index contributed by atoms with van der Waals surface area (Å²) in [4.78, 5) is 40.8. The highest BCUT2D eigenvalue weighted by Gasteiger charge is 2.35. The Morgan fingerprint density at radius 2 is 1.94 bits per heavy atom. The second kappa shape index (κ2) is 9.22. The van der Waals surface area contributed by atoms with E-state index in [1.807, 2.05) is 0 Å². The van der Waals surface area contributed by atoms with Crippen LogP contribution in [-0.2, 0) is 22.9 Å². The van der Waals surface area contributed by atoms with Crippen molar-refractivity contribution in [2.45, 2.75) is 19.4 Å². The normalized spacial score (nSPS) is 13.3. The third-order valence-corrected chi connectivity index (χ3v) is 4.38. The van der Waals surface area contributed by atoms with Gasteiger partial charge in [0.05, 0.1) is 10.7 Å². The molecule has 1 unspecified atom stereocenters. The lowest BCUT2D eigenvalue weighted by atomic mass is 10.1. The third kappa shape index (κ3) is 5.34. The molecule has 2 aromatic rings. The number of aliphatic hydroxyl groups is 1. The Labute approximate surface area is 180 Å². The van der Waals surface area contributed by atoms with Crippen molar-refractivity contribution >= 4 is 35.2 Å². The number of hydrogen-bond acceptors (Lipinski definition) is 5. The predicted molar refractivity (Wildman–Crippen MR) is 102 cm³/mol. The maximum Gasteiger partial charge on any atom is 0.431 e. The third-order valence-electron chi connectivity index (χ3n) is 3.77. The summed E-state index contributed by atoms with van der Waals surface area (Å²) in [6, 6.07) is 2.08. The lowest BCUT2D eigenvalue weighted by Gasteiger charge is -2.15. The first kappa shape index (κ1) is 24.6. The molecule has 0 saturated heterocycles. The maximum atomic E-state index is 15.1. The number of benzene rings is 1. The molecule has 1 atom stereocenters. The zero-order valence-electron chi connectivity index (χ0n) is 15.6. The van der Waals surface area contributed by atoms with Gasteiger partial charge >= 0.3 is 11.9 Å². The van der Waals surface area contributed by atoms with Crippen molar-refractivity contribution in [1.82, 2.24) is 14.6 Å². The van der Waals surface area contributed by atoms with E-state index in [0.717, 1.165) is 25.3 Å². The summed E-state index contributed by atoms with van der Waals surface area (Å²) >= 11 is 11.6. The molecule has 1 aromatic carbocycles. The van der Waals surface area contributed by atoms with Crippen LogP contribution in [0.15, 0.2) is 32.8 Å². The van der Waals surface area contributed by atoms with Crippen LogP contribution in [0.3, 0.4) is 0 Å². The van der Waals surface area contributed by atoms with E-state index in [0.29, 0.717) is 0 Å². The number of hydrogen-bond donors (Lipinski definition) is 2. The molecule has 31 heavy (non-hydrogen) atoms. The van der Waals surface area contributed by atoms with Crippen LogP contribution in [0.2, 0.25) is 5.02 Å². The molecule has 0 fully saturated rings. The lowest BCUT2D eigenvalue weighted by Crippen LogP contribution is -2.41. The van der Waals surface area contributed by atoms with Gasteiger partial charge in [0.25, 0.3) is 11.5 Å². The van der Waals surface area contributed by atoms with Gasteiger partial charge in [-0.3, -0.25) is 14.2 Å². The van der Waals surface area contributed by atoms with Crippen molar-refractivity contribution in [3.8, 4) is 5.69 Å². The van der Waals surface area contributed by atoms with Gasteiger partial charge in [0.1, 0.15) is 10.7 Å². The van der Waals surface area contributed by atoms with Gasteiger partial charge in [-0.25, -0.2) is 24.1 Å². The molecule has 2 rings (SSSR count). The van der Waals surface area contributed by atoms with Crippen molar-refractivity contribution in [3.05, 3.63) is 66.2 Å². The SMILES string of the molecule is CC(O)ONC(=O)/C(Cl)=C/c1c(Cl)ccc(-n2c(=O)cc(C(F)(F)F)n(C)c2=O)c1F. The van der Waals surface area contributed by atoms with Crippen molar-refractivity contribution in [2.75, 3.05) is 0 Å². The minimum Gasteiger partial charge on any atom is -0.366 e. The van der Waals surface area contributed by atoms with E-state index in [1.54, 1.807) is 5.48 Å². The number of nitrogens with one attached hydrogen (secondary N) is 1. The van der Waals surface area contributed by atoms with Crippen molar-refractivity contribution < 1.29 is 32.3 Å². The van der Waals surface area contributed by atoms with Crippen LogP contribution in [-0.4, -0.2) is 26.4 Å². The predicted octanol–water partition coefficient (Wildman–Crippen LogP) is 2.31. The summed E-state index contributed by atoms with van der Waals surface area (Å²) in [6.45, 7) is 1.18. The number of aliphatic hydroxyl groups excluding tert-OH is 1. The second-order valence-electron chi connectivity index (χ2n) is 5.98. The Bertz CT molecular complexity index is 1170. The smallest absolute Gasteiger partial charge is 0.366 e. The molecular formula is C17H13Cl2F4N3O5. The van der Waals surface area contributed by atoms with Crippen molar-refractivity contribution in [3.63, 3.8) is 0 Å². The van der Waals surface area contributed by atoms with Crippen molar-refractivity contribution in [1.29, 1.82) is 0 Å². The van der Waals surface area contributed by atoms with Crippen LogP contribution >= 0.6 is 23.2 Å². The average molecular weight is 486 g/mol. The van der Waals surface area contributed by atoms with Crippen LogP contribution in [0.5, 0.6) is 0 Å². The number of hydroxylamine groups is 1. The first-order valence-electron chi connectivity index (χ1n) is 8.15. The Morgan fingerprint density at radius 1 is 1.32 bits per heavy atom. The molecule has 14 heteroatoms. The molecule has 0 aliphatic carbocycles. The van der Waals surface area contributed by atoms with E-state index in [-0.39, 0.29) is 20.2 Å². The number of carbonyl (C=O) groups excluding carboxylic acids is 1. The number of halogens is 6. The molecule has 0 aliphatic rings. The molecule has 2 N–H and O–H groups in total. The van der Waals surface area contributed by atoms with E-state index in [9.17, 15) is 27.6 Å². The average Bonchev–Trinajstić information content (AvgIpc) is 2.66. The molecule has 168 valence electrons. The number of rotatable bonds is 5. The Kier molecular flexibility index (Phi) is 7.32. The highest BCUT2D eigenvalue weighted by molar-refractivity contribution is 6.44. The zero-order chi connectivity index (χ0) is 23.7. The molecule has 8 nitrogen and oxygen atoms in total. The first-order valence-corrected chi connectivity index (χ1v) is 8.91. The molecule has 0 spiro atoms. The van der Waals surface area contributed by atoms with Gasteiger partial charge in [-0.05, 0) is 25.1 Å². The topological polar surface area (TPSA) is 103 Å². The van der Waals surface area contributed by atoms with E-state index >= 15 is 4.39 Å². The fourth-order valence-corrected chi connectivity index (χ4v) is 2.71. The fourth-order valence-electron chi connectivity index (χ4n) is 2.36. The van der Waals surface area contributed by atoms with Gasteiger partial charge < -0.3 is 5.11 Å². The molecule has 0 bridgehead atoms. The minimum absolute atomic E-state index is 0.138. The summed E-state index contributed by atoms with van der Waals surface area (Å²) in [7, 11) is 0.763. The van der Waals surface area contributed by atoms with Gasteiger partial charge in [0.15, 0.2) is 12.1 Å². The lowest BCUT2D eigenvalue weighted by molar-refractivity contribution is -0.158. The zero-order valence-corrected chi connectivity index (χ0v) is 17.1. The Balaban J connectivity index is 2.64. The summed E-state index contributed by atoms with van der Waals surface area (Å²) in [5.74, 6) is -2.40. The summed E-state index contributed by atoms with van der Waals surface area (Å²) in [5, 5.41) is 8.00. The monoisotopic (exact) mass is 485 g/mol. The van der Waals surface area contributed by atoms with Crippen LogP contribution in [0.4, 0.5) is 17.6 Å². The summed E-state index contributed by atoms with van der Waals surface area (Å²) in [6.07, 6.45) is -5.63. The van der Waals surface area contributed by atoms with E-state index < -0.39 is 57.4 Å². The van der Waals surface area contributed by atoms with Gasteiger partial charge in [0, 0.05) is 18.7 Å². The number of aromatic nitrogens is 2. The molecular weight excluding hydrogens is 473 g/mol. The molecule has 0 aliphatic heterocycles. The molecule has 0 radical (unpaired) electrons. The number of nitrogens with zero attached hydrogens (tertiary/aromatic N) is 2. The van der Waals surface area contributed by atoms with Gasteiger partial charge in [-0.15, -0.1) is 0 Å². The molecule has 1 aromatic heterocycles. The maximum absolute atomic E-state index is 15.1. The van der Waals surface area contributed by atoms with Crippen LogP contribution in [0.25, 0.3) is 11.8 Å². The highest BCUT2D eigenvalue weighted by Crippen LogP contribution is 2.29. The van der Waals surface area contributed by atoms with Crippen LogP contribution < -0.4 is 16.7 Å². The van der Waals surface area contributed by atoms with Gasteiger partial charge in [-0.1, -0.05) is 23.2 Å². The number of amides is 1. The summed E-state index contributed by atoms with van der Waals surface area (Å²) in [5.41, 5.74) is -3.93. The molecule has 1 amide bonds. The molecule has 0 saturated carbocycles. The number of alkyl halides is 3. The van der Waals surface area contributed by atoms with Gasteiger partial charge in [0.2, 0.25) is 0 Å². The quantitative estimate of drug-likeness (QED) is 0.293. The largest absolute Gasteiger partial charge is 0.431 e. The Morgan fingerprint density at radius 3 is 2.48 bits per heavy atom. The fraction of sp³-hybridized carbons (Fsp3) is 0.235. The van der Waals surface area contributed by atoms with E-state index in [1.165, 1.54) is 6.92 Å². The highest BCUT2D eigenvalue weighted by atomic mass is 35.5. The Hall–Kier alpha value is -2.67. The van der Waals surface area contributed by atoms with E-state index in [2.05, 4.69) is 4.84 Å². The van der Waals surface area contributed by atoms with Crippen LogP contribution in [0.1, 0.15) is 18.2 Å². The minimum atomic E-state index is -4.99. The standard InChI is InChI=1S/C17H13Cl2F4N3O5/c1-7(27)31-24-15(29)10(19)5-8-9(18)3-4-11(14(8)20)26-13(28)6-12(17(21,22)23)25(2)16(26)30/h3-7,27H,1-2H3,(H,24,29)/b10-5-.